The van der Waals surface area contributed by atoms with E-state index in [1.165, 1.54) is 24.3 Å². The summed E-state index contributed by atoms with van der Waals surface area (Å²) in [6.07, 6.45) is 0.763. The van der Waals surface area contributed by atoms with E-state index in [0.29, 0.717) is 4.48 Å². The van der Waals surface area contributed by atoms with Gasteiger partial charge in [-0.2, -0.15) is 0 Å². The first-order chi connectivity index (χ1) is 13.3. The number of para-hydroxylation sites is 1. The maximum atomic E-state index is 13.3. The molecule has 0 saturated carbocycles. The number of Topliss-reactive ketones (excluding diaryl/α,β-unsaturated/α-hetero) is 1. The summed E-state index contributed by atoms with van der Waals surface area (Å²) in [5.74, 6) is -1.36. The molecule has 0 aromatic heterocycles. The zero-order valence-electron chi connectivity index (χ0n) is 17.4. The Hall–Kier alpha value is -1.84. The van der Waals surface area contributed by atoms with E-state index in [0.717, 1.165) is 7.11 Å². The molecule has 0 bridgehead atoms. The first-order valence-corrected chi connectivity index (χ1v) is 12.9. The zero-order chi connectivity index (χ0) is 22.2. The molecule has 1 aliphatic carbocycles. The molecule has 0 saturated heterocycles. The van der Waals surface area contributed by atoms with Crippen molar-refractivity contribution in [3.63, 3.8) is 0 Å². The number of hydrogen-bond acceptors (Lipinski definition) is 6. The van der Waals surface area contributed by atoms with Crippen LogP contribution in [0.15, 0.2) is 34.8 Å². The van der Waals surface area contributed by atoms with Crippen LogP contribution >= 0.6 is 15.9 Å². The Kier molecular flexibility index (Phi) is 6.56. The fourth-order valence-corrected chi connectivity index (χ4v) is 5.12. The van der Waals surface area contributed by atoms with Crippen molar-refractivity contribution >= 4 is 41.7 Å². The Morgan fingerprint density at radius 2 is 1.90 bits per heavy atom. The zero-order valence-corrected chi connectivity index (χ0v) is 20.0. The van der Waals surface area contributed by atoms with Gasteiger partial charge in [-0.1, -0.05) is 54.9 Å². The van der Waals surface area contributed by atoms with Crippen molar-refractivity contribution in [2.24, 2.45) is 0 Å². The summed E-state index contributed by atoms with van der Waals surface area (Å²) in [6, 6.07) is 5.73. The summed E-state index contributed by atoms with van der Waals surface area (Å²) in [4.78, 5) is 37.1. The fourth-order valence-electron chi connectivity index (χ4n) is 3.08. The quantitative estimate of drug-likeness (QED) is 0.199. The van der Waals surface area contributed by atoms with Gasteiger partial charge in [0.15, 0.2) is 19.5 Å². The molecule has 9 heteroatoms. The lowest BCUT2D eigenvalue weighted by Crippen LogP contribution is -2.51. The van der Waals surface area contributed by atoms with Crippen molar-refractivity contribution < 1.29 is 23.7 Å². The highest BCUT2D eigenvalue weighted by Crippen LogP contribution is 2.45. The summed E-state index contributed by atoms with van der Waals surface area (Å²) in [6.45, 7) is 10.4. The van der Waals surface area contributed by atoms with Gasteiger partial charge in [-0.3, -0.25) is 19.7 Å². The van der Waals surface area contributed by atoms with Crippen LogP contribution in [0.3, 0.4) is 0 Å². The van der Waals surface area contributed by atoms with Gasteiger partial charge in [0.05, 0.1) is 23.7 Å². The predicted molar refractivity (Wildman–Crippen MR) is 115 cm³/mol. The molecule has 2 atom stereocenters. The number of carbonyl (C=O) groups excluding carboxylic acids is 2. The van der Waals surface area contributed by atoms with Gasteiger partial charge in [-0.05, 0) is 24.2 Å². The van der Waals surface area contributed by atoms with Crippen LogP contribution in [-0.4, -0.2) is 38.2 Å². The molecule has 0 amide bonds. The van der Waals surface area contributed by atoms with Gasteiger partial charge in [0.25, 0.3) is 5.69 Å². The van der Waals surface area contributed by atoms with Gasteiger partial charge in [-0.25, -0.2) is 0 Å². The van der Waals surface area contributed by atoms with E-state index in [4.69, 9.17) is 9.16 Å². The molecular weight excluding hydrogens is 458 g/mol. The first kappa shape index (κ1) is 23.4. The minimum absolute atomic E-state index is 0.00965. The van der Waals surface area contributed by atoms with Crippen LogP contribution in [0.4, 0.5) is 5.69 Å². The van der Waals surface area contributed by atoms with Crippen molar-refractivity contribution in [1.82, 2.24) is 0 Å². The van der Waals surface area contributed by atoms with Crippen molar-refractivity contribution in [3.05, 3.63) is 50.5 Å². The molecule has 7 nitrogen and oxygen atoms in total. The second kappa shape index (κ2) is 8.12. The molecule has 0 fully saturated rings. The number of nitrogens with zero attached hydrogens (tertiary/aromatic N) is 1. The van der Waals surface area contributed by atoms with Gasteiger partial charge < -0.3 is 9.16 Å². The minimum atomic E-state index is -2.20. The summed E-state index contributed by atoms with van der Waals surface area (Å²) in [7, 11) is -1.04. The summed E-state index contributed by atoms with van der Waals surface area (Å²) >= 11 is 3.46. The standard InChI is InChI=1S/C20H26BrNO6Si/c1-19(2,3)29(5,6)28-16-11-17(23)20(12-14(16)21,18(24)27-4)13-9-7-8-10-15(13)22(25)26/h7-10,12,16H,11H2,1-6H3/t16-,20+/m0/s1. The van der Waals surface area contributed by atoms with E-state index in [1.54, 1.807) is 6.07 Å². The second-order valence-electron chi connectivity index (χ2n) is 8.60. The predicted octanol–water partition coefficient (Wildman–Crippen LogP) is 4.65. The largest absolute Gasteiger partial charge is 0.468 e. The topological polar surface area (TPSA) is 95.7 Å². The molecule has 0 aliphatic heterocycles. The molecule has 158 valence electrons. The number of hydrogen-bond donors (Lipinski definition) is 0. The normalized spacial score (nSPS) is 22.8. The van der Waals surface area contributed by atoms with Crippen molar-refractivity contribution in [2.75, 3.05) is 7.11 Å². The monoisotopic (exact) mass is 483 g/mol. The van der Waals surface area contributed by atoms with Crippen LogP contribution in [0.1, 0.15) is 32.8 Å². The number of halogens is 1. The van der Waals surface area contributed by atoms with Crippen molar-refractivity contribution in [1.29, 1.82) is 0 Å². The number of carbonyl (C=O) groups is 2. The average Bonchev–Trinajstić information content (AvgIpc) is 2.62. The van der Waals surface area contributed by atoms with Crippen LogP contribution in [0.2, 0.25) is 18.1 Å². The molecule has 1 aromatic carbocycles. The van der Waals surface area contributed by atoms with E-state index >= 15 is 0 Å². The molecule has 0 radical (unpaired) electrons. The van der Waals surface area contributed by atoms with Crippen molar-refractivity contribution in [3.8, 4) is 0 Å². The summed E-state index contributed by atoms with van der Waals surface area (Å²) in [5.41, 5.74) is -2.22. The van der Waals surface area contributed by atoms with Crippen LogP contribution in [0.5, 0.6) is 0 Å². The number of rotatable bonds is 5. The van der Waals surface area contributed by atoms with E-state index in [2.05, 4.69) is 49.8 Å². The van der Waals surface area contributed by atoms with Crippen LogP contribution in [-0.2, 0) is 24.2 Å². The third kappa shape index (κ3) is 4.22. The fraction of sp³-hybridized carbons (Fsp3) is 0.500. The number of methoxy groups -OCH3 is 1. The lowest BCUT2D eigenvalue weighted by molar-refractivity contribution is -0.385. The molecule has 1 aromatic rings. The van der Waals surface area contributed by atoms with E-state index in [1.807, 2.05) is 0 Å². The van der Waals surface area contributed by atoms with Crippen molar-refractivity contribution in [2.45, 2.75) is 56.8 Å². The molecule has 0 spiro atoms. The molecule has 29 heavy (non-hydrogen) atoms. The number of nitro benzene ring substituents is 1. The van der Waals surface area contributed by atoms with Crippen LogP contribution < -0.4 is 0 Å². The highest BCUT2D eigenvalue weighted by molar-refractivity contribution is 9.11. The minimum Gasteiger partial charge on any atom is -0.468 e. The molecule has 0 heterocycles. The number of ketones is 1. The summed E-state index contributed by atoms with van der Waals surface area (Å²) in [5, 5.41) is 11.5. The Morgan fingerprint density at radius 1 is 1.31 bits per heavy atom. The number of esters is 1. The van der Waals surface area contributed by atoms with E-state index < -0.39 is 36.5 Å². The lowest BCUT2D eigenvalue weighted by Gasteiger charge is -2.41. The lowest BCUT2D eigenvalue weighted by atomic mass is 9.71. The first-order valence-electron chi connectivity index (χ1n) is 9.19. The Morgan fingerprint density at radius 3 is 2.41 bits per heavy atom. The van der Waals surface area contributed by atoms with Gasteiger partial charge >= 0.3 is 5.97 Å². The molecule has 2 rings (SSSR count). The summed E-state index contributed by atoms with van der Waals surface area (Å²) < 4.78 is 11.8. The van der Waals surface area contributed by atoms with Gasteiger partial charge in [0.2, 0.25) is 0 Å². The van der Waals surface area contributed by atoms with E-state index in [9.17, 15) is 19.7 Å². The molecule has 0 unspecified atom stereocenters. The maximum Gasteiger partial charge on any atom is 0.328 e. The Balaban J connectivity index is 2.63. The third-order valence-corrected chi connectivity index (χ3v) is 11.0. The smallest absolute Gasteiger partial charge is 0.328 e. The van der Waals surface area contributed by atoms with Crippen LogP contribution in [0.25, 0.3) is 0 Å². The number of benzene rings is 1. The van der Waals surface area contributed by atoms with Gasteiger partial charge in [0.1, 0.15) is 0 Å². The highest BCUT2D eigenvalue weighted by Gasteiger charge is 2.54. The SMILES string of the molecule is COC(=O)[C@@]1(c2ccccc2[N+](=O)[O-])C=C(Br)[C@@H](O[Si](C)(C)C(C)(C)C)CC1=O. The molecular formula is C20H26BrNO6Si. The third-order valence-electron chi connectivity index (χ3n) is 5.75. The highest BCUT2D eigenvalue weighted by atomic mass is 79.9. The van der Waals surface area contributed by atoms with E-state index in [-0.39, 0.29) is 22.7 Å². The van der Waals surface area contributed by atoms with Gasteiger partial charge in [-0.15, -0.1) is 0 Å². The second-order valence-corrected chi connectivity index (χ2v) is 14.3. The Bertz CT molecular complexity index is 876. The maximum absolute atomic E-state index is 13.3. The average molecular weight is 484 g/mol. The van der Waals surface area contributed by atoms with Gasteiger partial charge in [0, 0.05) is 17.0 Å². The number of nitro groups is 1. The molecule has 0 N–H and O–H groups in total. The number of ether oxygens (including phenoxy) is 1. The van der Waals surface area contributed by atoms with Crippen LogP contribution in [0, 0.1) is 10.1 Å². The molecule has 1 aliphatic rings. The Labute approximate surface area is 179 Å².